The number of amides is 1. The van der Waals surface area contributed by atoms with E-state index >= 15 is 0 Å². The van der Waals surface area contributed by atoms with E-state index in [1.54, 1.807) is 27.7 Å². The fourth-order valence-electron chi connectivity index (χ4n) is 1.44. The molecule has 2 atom stereocenters. The van der Waals surface area contributed by atoms with Crippen LogP contribution in [0.3, 0.4) is 0 Å². The van der Waals surface area contributed by atoms with Crippen molar-refractivity contribution in [1.82, 2.24) is 4.90 Å². The van der Waals surface area contributed by atoms with Crippen molar-refractivity contribution >= 4 is 12.1 Å². The fourth-order valence-corrected chi connectivity index (χ4v) is 1.44. The van der Waals surface area contributed by atoms with Crippen molar-refractivity contribution in [1.29, 1.82) is 0 Å². The summed E-state index contributed by atoms with van der Waals surface area (Å²) in [5, 5.41) is 11.1. The smallest absolute Gasteiger partial charge is 0.410 e. The van der Waals surface area contributed by atoms with Crippen LogP contribution in [-0.2, 0) is 9.53 Å². The normalized spacial score (nSPS) is 14.9. The number of likely N-dealkylation sites (N-methyl/N-ethyl adjacent to an activating group) is 1. The topological polar surface area (TPSA) is 69.7 Å². The molecule has 0 aliphatic rings. The lowest BCUT2D eigenvalue weighted by Crippen LogP contribution is -2.53. The predicted octanol–water partition coefficient (Wildman–Crippen LogP) is 1.02. The molecule has 1 amide bonds. The lowest BCUT2D eigenvalue weighted by molar-refractivity contribution is -0.312. The van der Waals surface area contributed by atoms with E-state index < -0.39 is 23.7 Å². The van der Waals surface area contributed by atoms with E-state index in [9.17, 15) is 14.7 Å². The lowest BCUT2D eigenvalue weighted by atomic mass is 9.98. The molecule has 0 fully saturated rings. The number of hydrogen-bond acceptors (Lipinski definition) is 4. The van der Waals surface area contributed by atoms with Crippen LogP contribution in [0.1, 0.15) is 41.0 Å². The quantitative estimate of drug-likeness (QED) is 0.740. The molecular formula is C12H22NO4-. The first-order valence-corrected chi connectivity index (χ1v) is 5.76. The monoisotopic (exact) mass is 244 g/mol. The summed E-state index contributed by atoms with van der Waals surface area (Å²) in [6.45, 7) is 8.83. The van der Waals surface area contributed by atoms with Crippen molar-refractivity contribution in [3.05, 3.63) is 0 Å². The SMILES string of the molecule is CC[C@H](C)[C@@H](C(=O)[O-])N(C)C(=O)OC(C)(C)C. The third kappa shape index (κ3) is 5.06. The molecule has 0 N–H and O–H groups in total. The summed E-state index contributed by atoms with van der Waals surface area (Å²) in [4.78, 5) is 23.9. The highest BCUT2D eigenvalue weighted by Gasteiger charge is 2.29. The molecule has 0 aromatic heterocycles. The van der Waals surface area contributed by atoms with E-state index in [1.807, 2.05) is 6.92 Å². The van der Waals surface area contributed by atoms with Gasteiger partial charge in [-0.25, -0.2) is 4.79 Å². The van der Waals surface area contributed by atoms with Gasteiger partial charge in [0.15, 0.2) is 0 Å². The molecule has 0 aromatic carbocycles. The van der Waals surface area contributed by atoms with Crippen molar-refractivity contribution in [3.8, 4) is 0 Å². The zero-order valence-electron chi connectivity index (χ0n) is 11.4. The van der Waals surface area contributed by atoms with Gasteiger partial charge < -0.3 is 19.5 Å². The highest BCUT2D eigenvalue weighted by molar-refractivity contribution is 5.78. The second-order valence-corrected chi connectivity index (χ2v) is 5.24. The molecule has 0 unspecified atom stereocenters. The minimum Gasteiger partial charge on any atom is -0.548 e. The number of rotatable bonds is 4. The summed E-state index contributed by atoms with van der Waals surface area (Å²) in [5.74, 6) is -1.44. The number of carbonyl (C=O) groups excluding carboxylic acids is 2. The van der Waals surface area contributed by atoms with Gasteiger partial charge in [0.25, 0.3) is 0 Å². The van der Waals surface area contributed by atoms with Gasteiger partial charge >= 0.3 is 6.09 Å². The summed E-state index contributed by atoms with van der Waals surface area (Å²) >= 11 is 0. The van der Waals surface area contributed by atoms with Gasteiger partial charge in [0, 0.05) is 7.05 Å². The van der Waals surface area contributed by atoms with Crippen LogP contribution in [-0.4, -0.2) is 35.7 Å². The highest BCUT2D eigenvalue weighted by Crippen LogP contribution is 2.16. The molecule has 0 saturated heterocycles. The number of ether oxygens (including phenoxy) is 1. The summed E-state index contributed by atoms with van der Waals surface area (Å²) < 4.78 is 5.12. The average molecular weight is 244 g/mol. The third-order valence-corrected chi connectivity index (χ3v) is 2.52. The van der Waals surface area contributed by atoms with Crippen LogP contribution >= 0.6 is 0 Å². The van der Waals surface area contributed by atoms with E-state index in [-0.39, 0.29) is 5.92 Å². The van der Waals surface area contributed by atoms with Crippen LogP contribution in [0.4, 0.5) is 4.79 Å². The van der Waals surface area contributed by atoms with Gasteiger partial charge in [-0.15, -0.1) is 0 Å². The summed E-state index contributed by atoms with van der Waals surface area (Å²) in [6, 6.07) is -0.963. The van der Waals surface area contributed by atoms with Crippen LogP contribution in [0.15, 0.2) is 0 Å². The number of carbonyl (C=O) groups is 2. The Labute approximate surface area is 103 Å². The molecule has 17 heavy (non-hydrogen) atoms. The average Bonchev–Trinajstić information content (AvgIpc) is 2.14. The molecule has 0 aliphatic carbocycles. The molecule has 5 heteroatoms. The standard InChI is InChI=1S/C12H23NO4/c1-7-8(2)9(10(14)15)13(6)11(16)17-12(3,4)5/h8-9H,7H2,1-6H3,(H,14,15)/p-1/t8-,9-/m0/s1. The second kappa shape index (κ2) is 5.89. The van der Waals surface area contributed by atoms with E-state index in [0.29, 0.717) is 6.42 Å². The fraction of sp³-hybridized carbons (Fsp3) is 0.833. The van der Waals surface area contributed by atoms with E-state index in [2.05, 4.69) is 0 Å². The van der Waals surface area contributed by atoms with Crippen LogP contribution in [0.25, 0.3) is 0 Å². The number of carboxylic acid groups (broad SMARTS) is 1. The minimum absolute atomic E-state index is 0.183. The van der Waals surface area contributed by atoms with Gasteiger partial charge in [-0.1, -0.05) is 20.3 Å². The molecule has 0 heterocycles. The summed E-state index contributed by atoms with van der Waals surface area (Å²) in [7, 11) is 1.42. The van der Waals surface area contributed by atoms with Gasteiger partial charge in [0.05, 0.1) is 12.0 Å². The number of nitrogens with zero attached hydrogens (tertiary/aromatic N) is 1. The molecule has 100 valence electrons. The maximum atomic E-state index is 11.7. The molecule has 5 nitrogen and oxygen atoms in total. The van der Waals surface area contributed by atoms with Crippen molar-refractivity contribution in [2.24, 2.45) is 5.92 Å². The van der Waals surface area contributed by atoms with Crippen LogP contribution < -0.4 is 5.11 Å². The first-order valence-electron chi connectivity index (χ1n) is 5.76. The maximum absolute atomic E-state index is 11.7. The molecule has 0 aliphatic heterocycles. The maximum Gasteiger partial charge on any atom is 0.410 e. The van der Waals surface area contributed by atoms with Gasteiger partial charge in [-0.05, 0) is 26.7 Å². The molecule has 0 spiro atoms. The van der Waals surface area contributed by atoms with Gasteiger partial charge in [-0.2, -0.15) is 0 Å². The summed E-state index contributed by atoms with van der Waals surface area (Å²) in [5.41, 5.74) is -0.642. The van der Waals surface area contributed by atoms with E-state index in [0.717, 1.165) is 4.90 Å². The van der Waals surface area contributed by atoms with Gasteiger partial charge in [-0.3, -0.25) is 0 Å². The van der Waals surface area contributed by atoms with Crippen molar-refractivity contribution in [2.45, 2.75) is 52.7 Å². The van der Waals surface area contributed by atoms with E-state index in [4.69, 9.17) is 4.74 Å². The predicted molar refractivity (Wildman–Crippen MR) is 62.2 cm³/mol. The van der Waals surface area contributed by atoms with E-state index in [1.165, 1.54) is 7.05 Å². The Kier molecular flexibility index (Phi) is 5.45. The molecule has 0 radical (unpaired) electrons. The van der Waals surface area contributed by atoms with Crippen LogP contribution in [0.2, 0.25) is 0 Å². The molecule has 0 bridgehead atoms. The highest BCUT2D eigenvalue weighted by atomic mass is 16.6. The van der Waals surface area contributed by atoms with Crippen molar-refractivity contribution < 1.29 is 19.4 Å². The summed E-state index contributed by atoms with van der Waals surface area (Å²) in [6.07, 6.45) is -0.00167. The van der Waals surface area contributed by atoms with Gasteiger partial charge in [0.1, 0.15) is 5.60 Å². The van der Waals surface area contributed by atoms with Crippen LogP contribution in [0.5, 0.6) is 0 Å². The minimum atomic E-state index is -1.26. The lowest BCUT2D eigenvalue weighted by Gasteiger charge is -2.34. The number of carboxylic acids is 1. The Balaban J connectivity index is 4.79. The van der Waals surface area contributed by atoms with Crippen LogP contribution in [0, 0.1) is 5.92 Å². The zero-order chi connectivity index (χ0) is 13.8. The first-order chi connectivity index (χ1) is 7.60. The number of hydrogen-bond donors (Lipinski definition) is 0. The zero-order valence-corrected chi connectivity index (χ0v) is 11.4. The van der Waals surface area contributed by atoms with Gasteiger partial charge in [0.2, 0.25) is 0 Å². The Morgan fingerprint density at radius 3 is 2.12 bits per heavy atom. The Morgan fingerprint density at radius 1 is 1.35 bits per heavy atom. The third-order valence-electron chi connectivity index (χ3n) is 2.52. The molecule has 0 aromatic rings. The Morgan fingerprint density at radius 2 is 1.82 bits per heavy atom. The largest absolute Gasteiger partial charge is 0.548 e. The van der Waals surface area contributed by atoms with Crippen molar-refractivity contribution in [2.75, 3.05) is 7.05 Å². The molecule has 0 rings (SSSR count). The first kappa shape index (κ1) is 15.7. The molecular weight excluding hydrogens is 222 g/mol. The Bertz CT molecular complexity index is 283. The Hall–Kier alpha value is -1.26. The second-order valence-electron chi connectivity index (χ2n) is 5.24. The molecule has 0 saturated carbocycles. The number of aliphatic carboxylic acids is 1. The van der Waals surface area contributed by atoms with Crippen molar-refractivity contribution in [3.63, 3.8) is 0 Å².